The van der Waals surface area contributed by atoms with Crippen LogP contribution in [0.15, 0.2) is 112 Å². The summed E-state index contributed by atoms with van der Waals surface area (Å²) in [6, 6.07) is 26.5. The average Bonchev–Trinajstić information content (AvgIpc) is 4.18. The van der Waals surface area contributed by atoms with Gasteiger partial charge >= 0.3 is 12.7 Å². The van der Waals surface area contributed by atoms with E-state index in [2.05, 4.69) is 109 Å². The molecule has 5 aromatic heterocycles. The van der Waals surface area contributed by atoms with Gasteiger partial charge in [0.1, 0.15) is 29.0 Å². The molecule has 0 aliphatic carbocycles. The van der Waals surface area contributed by atoms with Crippen LogP contribution < -0.4 is 19.3 Å². The average molecular weight is 1050 g/mol. The second kappa shape index (κ2) is 24.0. The lowest BCUT2D eigenvalue weighted by molar-refractivity contribution is -0.275. The molecule has 2 aliphatic heterocycles. The third-order valence-electron chi connectivity index (χ3n) is 12.0. The van der Waals surface area contributed by atoms with Crippen molar-refractivity contribution in [2.45, 2.75) is 61.9 Å². The third-order valence-corrected chi connectivity index (χ3v) is 12.0. The van der Waals surface area contributed by atoms with E-state index in [-0.39, 0.29) is 33.8 Å². The summed E-state index contributed by atoms with van der Waals surface area (Å²) in [5.74, 6) is 3.34. The molecule has 0 radical (unpaired) electrons. The van der Waals surface area contributed by atoms with Gasteiger partial charge in [-0.1, -0.05) is 44.7 Å². The van der Waals surface area contributed by atoms with Crippen LogP contribution in [0.4, 0.5) is 37.8 Å². The minimum Gasteiger partial charge on any atom is -0.406 e. The summed E-state index contributed by atoms with van der Waals surface area (Å²) in [7, 11) is 4.26. The smallest absolute Gasteiger partial charge is 0.406 e. The van der Waals surface area contributed by atoms with Gasteiger partial charge in [-0.25, -0.2) is 24.3 Å². The lowest BCUT2D eigenvalue weighted by Gasteiger charge is -2.34. The fourth-order valence-electron chi connectivity index (χ4n) is 8.06. The molecular formula is C52H61F6N13O4. The number of pyridine rings is 1. The van der Waals surface area contributed by atoms with E-state index in [1.165, 1.54) is 54.2 Å². The van der Waals surface area contributed by atoms with E-state index >= 15 is 0 Å². The van der Waals surface area contributed by atoms with E-state index < -0.39 is 12.7 Å². The Morgan fingerprint density at radius 1 is 0.533 bits per heavy atom. The monoisotopic (exact) mass is 1050 g/mol. The van der Waals surface area contributed by atoms with Crippen molar-refractivity contribution < 1.29 is 44.9 Å². The number of benzene rings is 3. The molecule has 7 heterocycles. The predicted octanol–water partition coefficient (Wildman–Crippen LogP) is 10.5. The summed E-state index contributed by atoms with van der Waals surface area (Å²) in [5.41, 5.74) is 5.34. The van der Waals surface area contributed by atoms with Gasteiger partial charge in [-0.05, 0) is 112 Å². The summed E-state index contributed by atoms with van der Waals surface area (Å²) in [5, 5.41) is 17.3. The van der Waals surface area contributed by atoms with Gasteiger partial charge in [-0.3, -0.25) is 0 Å². The number of hydrogen-bond acceptors (Lipinski definition) is 15. The molecule has 2 aliphatic rings. The maximum Gasteiger partial charge on any atom is 0.573 e. The van der Waals surface area contributed by atoms with Crippen LogP contribution in [0.5, 0.6) is 11.5 Å². The van der Waals surface area contributed by atoms with Crippen LogP contribution in [0, 0.1) is 13.8 Å². The minimum atomic E-state index is -4.74. The lowest BCUT2D eigenvalue weighted by atomic mass is 10.1. The second-order valence-corrected chi connectivity index (χ2v) is 17.4. The molecule has 0 unspecified atom stereocenters. The van der Waals surface area contributed by atoms with Crippen LogP contribution in [0.2, 0.25) is 0 Å². The molecule has 0 N–H and O–H groups in total. The van der Waals surface area contributed by atoms with Gasteiger partial charge in [0.15, 0.2) is 22.9 Å². The predicted molar refractivity (Wildman–Crippen MR) is 273 cm³/mol. The molecule has 400 valence electrons. The van der Waals surface area contributed by atoms with Crippen LogP contribution in [0.3, 0.4) is 0 Å². The standard InChI is InChI=1S/C25H25F3N6O2.C24H24F3N7O2.3CH4/c1-17-29-24(22-15-23(36-31-22)19-6-8-21(9-7-19)35-25(26,27)28)30-34(17)16-18-4-3-5-20(14-18)33-12-10-32(2)11-13-33;1-16-29-23(20-14-21(36-31-20)18-3-5-19(6-4-18)35-24(25,26)27)30-34(16)15-17-7-8-28-22(13-17)33-11-9-32(2)10-12-33;;;/h3-9,14-15H,10-13,16H2,1-2H3;3-8,13-14H,9-12,15H2,1-2H3;3*1H4. The summed E-state index contributed by atoms with van der Waals surface area (Å²) in [4.78, 5) is 22.9. The van der Waals surface area contributed by atoms with Gasteiger partial charge in [-0.15, -0.1) is 36.5 Å². The highest BCUT2D eigenvalue weighted by atomic mass is 19.4. The van der Waals surface area contributed by atoms with Crippen LogP contribution in [0.1, 0.15) is 45.1 Å². The number of halogens is 6. The number of rotatable bonds is 12. The first-order valence-electron chi connectivity index (χ1n) is 22.9. The second-order valence-electron chi connectivity index (χ2n) is 17.4. The number of piperazine rings is 2. The Hall–Kier alpha value is -7.79. The summed E-state index contributed by atoms with van der Waals surface area (Å²) in [6.45, 7) is 12.8. The summed E-state index contributed by atoms with van der Waals surface area (Å²) >= 11 is 0. The molecule has 2 saturated heterocycles. The first kappa shape index (κ1) is 56.5. The zero-order valence-electron chi connectivity index (χ0n) is 39.6. The van der Waals surface area contributed by atoms with Gasteiger partial charge < -0.3 is 38.1 Å². The van der Waals surface area contributed by atoms with Crippen LogP contribution in [0.25, 0.3) is 45.7 Å². The SMILES string of the molecule is C.C.C.Cc1nc(-c2cc(-c3ccc(OC(F)(F)F)cc3)on2)nn1Cc1cccc(N2CCN(C)CC2)c1.Cc1nc(-c2cc(-c3ccc(OC(F)(F)F)cc3)on2)nn1Cc1ccnc(N2CCN(C)CC2)c1. The quantitative estimate of drug-likeness (QED) is 0.106. The van der Waals surface area contributed by atoms with Gasteiger partial charge in [0, 0.05) is 87.5 Å². The Balaban J connectivity index is 0.000000234. The summed E-state index contributed by atoms with van der Waals surface area (Å²) in [6.07, 6.45) is -7.67. The molecule has 0 spiro atoms. The molecule has 0 bridgehead atoms. The maximum atomic E-state index is 12.4. The van der Waals surface area contributed by atoms with Crippen LogP contribution >= 0.6 is 0 Å². The Bertz CT molecular complexity index is 2860. The van der Waals surface area contributed by atoms with Crippen molar-refractivity contribution in [1.82, 2.24) is 54.6 Å². The van der Waals surface area contributed by atoms with Crippen molar-refractivity contribution >= 4 is 11.5 Å². The van der Waals surface area contributed by atoms with Crippen molar-refractivity contribution in [2.24, 2.45) is 0 Å². The molecule has 2 fully saturated rings. The molecule has 75 heavy (non-hydrogen) atoms. The molecule has 8 aromatic rings. The van der Waals surface area contributed by atoms with E-state index in [4.69, 9.17) is 9.05 Å². The fourth-order valence-corrected chi connectivity index (χ4v) is 8.06. The van der Waals surface area contributed by atoms with E-state index in [0.717, 1.165) is 75.1 Å². The molecule has 0 atom stereocenters. The Labute approximate surface area is 431 Å². The molecule has 0 amide bonds. The van der Waals surface area contributed by atoms with E-state index in [1.54, 1.807) is 16.8 Å². The molecule has 3 aromatic carbocycles. The van der Waals surface area contributed by atoms with Crippen LogP contribution in [-0.4, -0.2) is 134 Å². The number of ether oxygens (including phenoxy) is 2. The largest absolute Gasteiger partial charge is 0.573 e. The van der Waals surface area contributed by atoms with Crippen molar-refractivity contribution in [3.05, 3.63) is 126 Å². The van der Waals surface area contributed by atoms with Gasteiger partial charge in [0.05, 0.1) is 13.1 Å². The Kier molecular flexibility index (Phi) is 18.1. The first-order valence-corrected chi connectivity index (χ1v) is 22.9. The highest BCUT2D eigenvalue weighted by Gasteiger charge is 2.32. The van der Waals surface area contributed by atoms with Crippen molar-refractivity contribution in [3.8, 4) is 57.2 Å². The Morgan fingerprint density at radius 2 is 0.973 bits per heavy atom. The van der Waals surface area contributed by atoms with Crippen molar-refractivity contribution in [3.63, 3.8) is 0 Å². The van der Waals surface area contributed by atoms with Gasteiger partial charge in [-0.2, -0.15) is 0 Å². The zero-order valence-corrected chi connectivity index (χ0v) is 39.6. The number of aromatic nitrogens is 9. The normalized spacial score (nSPS) is 14.3. The van der Waals surface area contributed by atoms with Gasteiger partial charge in [0.2, 0.25) is 11.6 Å². The van der Waals surface area contributed by atoms with E-state index in [9.17, 15) is 26.3 Å². The molecule has 17 nitrogen and oxygen atoms in total. The first-order chi connectivity index (χ1) is 34.5. The highest BCUT2D eigenvalue weighted by molar-refractivity contribution is 5.65. The third kappa shape index (κ3) is 14.7. The lowest BCUT2D eigenvalue weighted by Crippen LogP contribution is -2.44. The highest BCUT2D eigenvalue weighted by Crippen LogP contribution is 2.31. The van der Waals surface area contributed by atoms with Crippen molar-refractivity contribution in [1.29, 1.82) is 0 Å². The zero-order chi connectivity index (χ0) is 50.6. The number of hydrogen-bond donors (Lipinski definition) is 0. The van der Waals surface area contributed by atoms with Gasteiger partial charge in [0.25, 0.3) is 0 Å². The molecule has 0 saturated carbocycles. The topological polar surface area (TPSA) is 158 Å². The van der Waals surface area contributed by atoms with Crippen LogP contribution in [-0.2, 0) is 13.1 Å². The van der Waals surface area contributed by atoms with Crippen molar-refractivity contribution in [2.75, 3.05) is 76.3 Å². The molecule has 23 heteroatoms. The number of likely N-dealkylation sites (N-methyl/N-ethyl adjacent to an activating group) is 2. The number of anilines is 2. The number of alkyl halides is 6. The molecular weight excluding hydrogens is 985 g/mol. The van der Waals surface area contributed by atoms with E-state index in [0.29, 0.717) is 64.6 Å². The summed E-state index contributed by atoms with van der Waals surface area (Å²) < 4.78 is 96.4. The fraction of sp³-hybridized carbons (Fsp3) is 0.365. The number of nitrogens with zero attached hydrogens (tertiary/aromatic N) is 13. The molecule has 10 rings (SSSR count). The van der Waals surface area contributed by atoms with E-state index in [1.807, 2.05) is 30.8 Å². The maximum absolute atomic E-state index is 12.4. The Morgan fingerprint density at radius 3 is 1.43 bits per heavy atom. The number of aryl methyl sites for hydroxylation is 2. The minimum absolute atomic E-state index is 0.